The first-order valence-electron chi connectivity index (χ1n) is 5.81. The first-order valence-corrected chi connectivity index (χ1v) is 8.75. The van der Waals surface area contributed by atoms with Gasteiger partial charge in [0.25, 0.3) is 0 Å². The molecule has 0 aromatic heterocycles. The molecule has 98 valence electrons. The van der Waals surface area contributed by atoms with Gasteiger partial charge in [-0.25, -0.2) is 0 Å². The van der Waals surface area contributed by atoms with Gasteiger partial charge in [-0.05, 0) is 24.1 Å². The summed E-state index contributed by atoms with van der Waals surface area (Å²) < 4.78 is 29.3. The summed E-state index contributed by atoms with van der Waals surface area (Å²) in [6.07, 6.45) is 6.13. The maximum absolute atomic E-state index is 10.4. The third kappa shape index (κ3) is 12.3. The van der Waals surface area contributed by atoms with Crippen LogP contribution in [-0.2, 0) is 9.15 Å². The maximum Gasteiger partial charge on any atom is 0.319 e. The topological polar surface area (TPSA) is 66.4 Å². The van der Waals surface area contributed by atoms with Gasteiger partial charge in [0.15, 0.2) is 0 Å². The summed E-state index contributed by atoms with van der Waals surface area (Å²) in [6, 6.07) is 0.416. The highest BCUT2D eigenvalue weighted by atomic mass is 33.1. The van der Waals surface area contributed by atoms with Crippen molar-refractivity contribution in [2.75, 3.05) is 12.3 Å². The zero-order chi connectivity index (χ0) is 12.4. The van der Waals surface area contributed by atoms with E-state index in [1.807, 2.05) is 0 Å². The fraction of sp³-hybridized carbons (Fsp3) is 1.00. The fourth-order valence-electron chi connectivity index (χ4n) is 1.43. The van der Waals surface area contributed by atoms with E-state index in [-0.39, 0.29) is 0 Å². The zero-order valence-electron chi connectivity index (χ0n) is 10.1. The van der Waals surface area contributed by atoms with Crippen LogP contribution in [-0.4, -0.2) is 31.3 Å². The van der Waals surface area contributed by atoms with Gasteiger partial charge in [0.05, 0.1) is 0 Å². The van der Waals surface area contributed by atoms with Crippen molar-refractivity contribution in [3.05, 3.63) is 0 Å². The monoisotopic (exact) mass is 269 g/mol. The Kier molecular flexibility index (Phi) is 9.40. The molecule has 16 heavy (non-hydrogen) atoms. The van der Waals surface area contributed by atoms with Crippen LogP contribution in [0, 0.1) is 0 Å². The van der Waals surface area contributed by atoms with Crippen LogP contribution in [0.3, 0.4) is 0 Å². The summed E-state index contributed by atoms with van der Waals surface area (Å²) in [6.45, 7) is 4.90. The van der Waals surface area contributed by atoms with Crippen LogP contribution in [0.5, 0.6) is 0 Å². The van der Waals surface area contributed by atoms with Gasteiger partial charge in [-0.1, -0.05) is 32.6 Å². The molecule has 0 fully saturated rings. The lowest BCUT2D eigenvalue weighted by Crippen LogP contribution is -2.28. The van der Waals surface area contributed by atoms with Gasteiger partial charge in [0, 0.05) is 18.3 Å². The third-order valence-corrected chi connectivity index (χ3v) is 4.38. The van der Waals surface area contributed by atoms with Crippen LogP contribution in [0.25, 0.3) is 0 Å². The molecule has 0 amide bonds. The summed E-state index contributed by atoms with van der Waals surface area (Å²) in [4.78, 5) is 0. The molecule has 0 aliphatic heterocycles. The van der Waals surface area contributed by atoms with Crippen LogP contribution >= 0.6 is 10.8 Å². The van der Waals surface area contributed by atoms with E-state index in [0.29, 0.717) is 29.1 Å². The molecule has 0 saturated heterocycles. The lowest BCUT2D eigenvalue weighted by Gasteiger charge is -2.12. The quantitative estimate of drug-likeness (QED) is 0.362. The van der Waals surface area contributed by atoms with Crippen LogP contribution < -0.4 is 5.32 Å². The molecule has 0 unspecified atom stereocenters. The Balaban J connectivity index is 3.33. The van der Waals surface area contributed by atoms with E-state index < -0.39 is 9.15 Å². The average Bonchev–Trinajstić information content (AvgIpc) is 2.18. The third-order valence-electron chi connectivity index (χ3n) is 2.32. The van der Waals surface area contributed by atoms with Gasteiger partial charge in [-0.15, -0.1) is 0 Å². The van der Waals surface area contributed by atoms with Gasteiger partial charge in [-0.3, -0.25) is 4.55 Å². The highest BCUT2D eigenvalue weighted by molar-refractivity contribution is 8.69. The van der Waals surface area contributed by atoms with E-state index in [9.17, 15) is 8.42 Å². The number of hydrogen-bond acceptors (Lipinski definition) is 4. The standard InChI is InChI=1S/C10H23NO3S2/c1-3-4-5-6-7-10(2)11-8-9-15-16(12,13)14/h10-11H,3-9H2,1-2H3,(H,12,13,14)/t10-/m0/s1. The number of hydrogen-bond donors (Lipinski definition) is 2. The lowest BCUT2D eigenvalue weighted by molar-refractivity contribution is 0.495. The molecule has 0 bridgehead atoms. The Hall–Kier alpha value is 0.220. The number of unbranched alkanes of at least 4 members (excludes halogenated alkanes) is 3. The summed E-state index contributed by atoms with van der Waals surface area (Å²) in [5.74, 6) is 0.387. The van der Waals surface area contributed by atoms with Gasteiger partial charge in [-0.2, -0.15) is 8.42 Å². The summed E-state index contributed by atoms with van der Waals surface area (Å²) >= 11 is 0. The normalized spacial score (nSPS) is 13.9. The molecular weight excluding hydrogens is 246 g/mol. The number of rotatable bonds is 10. The average molecular weight is 269 g/mol. The Morgan fingerprint density at radius 3 is 2.56 bits per heavy atom. The molecule has 0 aromatic carbocycles. The van der Waals surface area contributed by atoms with Crippen molar-refractivity contribution in [3.63, 3.8) is 0 Å². The van der Waals surface area contributed by atoms with Gasteiger partial charge >= 0.3 is 9.15 Å². The van der Waals surface area contributed by atoms with Crippen molar-refractivity contribution in [2.24, 2.45) is 0 Å². The van der Waals surface area contributed by atoms with Gasteiger partial charge < -0.3 is 5.32 Å². The molecule has 0 radical (unpaired) electrons. The predicted molar refractivity (Wildman–Crippen MR) is 70.2 cm³/mol. The van der Waals surface area contributed by atoms with Crippen molar-refractivity contribution in [3.8, 4) is 0 Å². The van der Waals surface area contributed by atoms with Crippen molar-refractivity contribution in [1.82, 2.24) is 5.32 Å². The second kappa shape index (κ2) is 9.27. The molecule has 0 aromatic rings. The molecule has 4 nitrogen and oxygen atoms in total. The van der Waals surface area contributed by atoms with E-state index >= 15 is 0 Å². The van der Waals surface area contributed by atoms with Crippen molar-refractivity contribution in [1.29, 1.82) is 0 Å². The van der Waals surface area contributed by atoms with Gasteiger partial charge in [0.1, 0.15) is 0 Å². The highest BCUT2D eigenvalue weighted by Crippen LogP contribution is 2.08. The molecule has 0 heterocycles. The van der Waals surface area contributed by atoms with Crippen molar-refractivity contribution in [2.45, 2.75) is 52.0 Å². The van der Waals surface area contributed by atoms with E-state index in [4.69, 9.17) is 4.55 Å². The summed E-state index contributed by atoms with van der Waals surface area (Å²) in [5.41, 5.74) is 0. The summed E-state index contributed by atoms with van der Waals surface area (Å²) in [5, 5.41) is 3.24. The number of nitrogens with one attached hydrogen (secondary N) is 1. The summed E-state index contributed by atoms with van der Waals surface area (Å²) in [7, 11) is -3.30. The molecular formula is C10H23NO3S2. The minimum Gasteiger partial charge on any atom is -0.313 e. The molecule has 2 N–H and O–H groups in total. The van der Waals surface area contributed by atoms with Crippen molar-refractivity contribution < 1.29 is 13.0 Å². The predicted octanol–water partition coefficient (Wildman–Crippen LogP) is 2.47. The molecule has 0 aliphatic carbocycles. The van der Waals surface area contributed by atoms with Crippen LogP contribution in [0.1, 0.15) is 46.0 Å². The van der Waals surface area contributed by atoms with E-state index in [1.165, 1.54) is 25.7 Å². The smallest absolute Gasteiger partial charge is 0.313 e. The second-order valence-corrected chi connectivity index (χ2v) is 7.42. The molecule has 0 spiro atoms. The van der Waals surface area contributed by atoms with Crippen LogP contribution in [0.2, 0.25) is 0 Å². The molecule has 1 atom stereocenters. The zero-order valence-corrected chi connectivity index (χ0v) is 11.7. The Morgan fingerprint density at radius 1 is 1.31 bits per heavy atom. The molecule has 0 saturated carbocycles. The largest absolute Gasteiger partial charge is 0.319 e. The van der Waals surface area contributed by atoms with E-state index in [2.05, 4.69) is 19.2 Å². The Morgan fingerprint density at radius 2 is 2.00 bits per heavy atom. The second-order valence-electron chi connectivity index (χ2n) is 3.95. The van der Waals surface area contributed by atoms with Gasteiger partial charge in [0.2, 0.25) is 0 Å². The van der Waals surface area contributed by atoms with Crippen LogP contribution in [0.4, 0.5) is 0 Å². The maximum atomic E-state index is 10.4. The fourth-order valence-corrected chi connectivity index (χ4v) is 2.73. The molecule has 0 rings (SSSR count). The SMILES string of the molecule is CCCCCC[C@H](C)NCCSS(=O)(=O)O. The first kappa shape index (κ1) is 16.2. The Labute approximate surface area is 103 Å². The molecule has 6 heteroatoms. The lowest BCUT2D eigenvalue weighted by atomic mass is 10.1. The van der Waals surface area contributed by atoms with Crippen molar-refractivity contribution >= 4 is 19.9 Å². The van der Waals surface area contributed by atoms with E-state index in [1.54, 1.807) is 0 Å². The first-order chi connectivity index (χ1) is 7.45. The Bertz CT molecular complexity index is 255. The molecule has 0 aliphatic rings. The highest BCUT2D eigenvalue weighted by Gasteiger charge is 2.05. The van der Waals surface area contributed by atoms with Crippen LogP contribution in [0.15, 0.2) is 0 Å². The minimum atomic E-state index is -3.87. The minimum absolute atomic E-state index is 0.387. The van der Waals surface area contributed by atoms with E-state index in [0.717, 1.165) is 6.42 Å².